The van der Waals surface area contributed by atoms with Gasteiger partial charge in [-0.05, 0) is 62.0 Å². The second kappa shape index (κ2) is 12.8. The van der Waals surface area contributed by atoms with Crippen molar-refractivity contribution in [2.45, 2.75) is 39.5 Å². The molecule has 3 rings (SSSR count). The average Bonchev–Trinajstić information content (AvgIpc) is 3.25. The van der Waals surface area contributed by atoms with Crippen LogP contribution in [0.25, 0.3) is 10.2 Å². The van der Waals surface area contributed by atoms with E-state index in [1.54, 1.807) is 17.0 Å². The number of thiazole rings is 1. The van der Waals surface area contributed by atoms with Crippen LogP contribution in [0.3, 0.4) is 0 Å². The number of rotatable bonds is 11. The van der Waals surface area contributed by atoms with E-state index in [1.807, 2.05) is 32.9 Å². The summed E-state index contributed by atoms with van der Waals surface area (Å²) in [6, 6.07) is 12.3. The van der Waals surface area contributed by atoms with Gasteiger partial charge in [0.2, 0.25) is 10.0 Å². The number of nitrogens with zero attached hydrogens (tertiary/aromatic N) is 4. The lowest BCUT2D eigenvalue weighted by Crippen LogP contribution is -2.39. The molecule has 10 heteroatoms. The molecule has 1 heterocycles. The first-order valence-electron chi connectivity index (χ1n) is 11.8. The zero-order chi connectivity index (χ0) is 24.9. The number of anilines is 1. The summed E-state index contributed by atoms with van der Waals surface area (Å²) < 4.78 is 28.1. The van der Waals surface area contributed by atoms with Gasteiger partial charge >= 0.3 is 0 Å². The van der Waals surface area contributed by atoms with Gasteiger partial charge in [-0.25, -0.2) is 13.4 Å². The number of carbonyl (C=O) groups excluding carboxylic acids is 1. The van der Waals surface area contributed by atoms with Crippen molar-refractivity contribution in [1.82, 2.24) is 14.2 Å². The molecule has 7 nitrogen and oxygen atoms in total. The van der Waals surface area contributed by atoms with Crippen molar-refractivity contribution in [3.63, 3.8) is 0 Å². The summed E-state index contributed by atoms with van der Waals surface area (Å²) in [6.45, 7) is 13.7. The highest BCUT2D eigenvalue weighted by Crippen LogP contribution is 2.30. The van der Waals surface area contributed by atoms with Crippen molar-refractivity contribution in [3.05, 3.63) is 53.6 Å². The molecule has 35 heavy (non-hydrogen) atoms. The molecule has 2 aromatic carbocycles. The fraction of sp³-hybridized carbons (Fsp3) is 0.440. The normalized spacial score (nSPS) is 11.7. The minimum absolute atomic E-state index is 0. The summed E-state index contributed by atoms with van der Waals surface area (Å²) in [5.74, 6) is -0.185. The van der Waals surface area contributed by atoms with E-state index in [9.17, 15) is 13.2 Å². The third-order valence-corrected chi connectivity index (χ3v) is 9.09. The summed E-state index contributed by atoms with van der Waals surface area (Å²) >= 11 is 1.50. The van der Waals surface area contributed by atoms with Crippen LogP contribution < -0.4 is 4.90 Å². The number of hydrogen-bond donors (Lipinski definition) is 0. The van der Waals surface area contributed by atoms with E-state index in [0.29, 0.717) is 30.3 Å². The number of hydrogen-bond acceptors (Lipinski definition) is 6. The Morgan fingerprint density at radius 1 is 0.914 bits per heavy atom. The fourth-order valence-electron chi connectivity index (χ4n) is 3.84. The minimum atomic E-state index is -3.57. The number of benzene rings is 2. The largest absolute Gasteiger partial charge is 0.302 e. The third kappa shape index (κ3) is 6.59. The molecule has 0 spiro atoms. The standard InChI is InChI=1S/C25H34N4O3S2.ClH/c1-6-27(7-2)16-17-29(25-26-22-15-10-19(5)18-23(22)33-25)24(30)20-11-13-21(14-12-20)34(31,32)28(8-3)9-4;/h10-15,18H,6-9,16-17H2,1-5H3;1H. The molecule has 3 aromatic rings. The molecular formula is C25H35ClN4O3S2. The van der Waals surface area contributed by atoms with E-state index in [2.05, 4.69) is 24.8 Å². The molecule has 0 saturated carbocycles. The van der Waals surface area contributed by atoms with Crippen LogP contribution in [-0.4, -0.2) is 67.8 Å². The Hall–Kier alpha value is -2.04. The number of aromatic nitrogens is 1. The Morgan fingerprint density at radius 3 is 2.11 bits per heavy atom. The molecular weight excluding hydrogens is 504 g/mol. The van der Waals surface area contributed by atoms with Gasteiger partial charge in [-0.15, -0.1) is 12.4 Å². The van der Waals surface area contributed by atoms with Gasteiger partial charge in [-0.1, -0.05) is 45.1 Å². The molecule has 0 fully saturated rings. The van der Waals surface area contributed by atoms with Gasteiger partial charge in [0, 0.05) is 31.7 Å². The summed E-state index contributed by atoms with van der Waals surface area (Å²) in [5.41, 5.74) is 2.45. The average molecular weight is 539 g/mol. The van der Waals surface area contributed by atoms with Crippen molar-refractivity contribution < 1.29 is 13.2 Å². The highest BCUT2D eigenvalue weighted by Gasteiger charge is 2.25. The molecule has 0 N–H and O–H groups in total. The lowest BCUT2D eigenvalue weighted by molar-refractivity contribution is 0.0983. The Bertz CT molecular complexity index is 1220. The van der Waals surface area contributed by atoms with Gasteiger partial charge in [-0.3, -0.25) is 9.69 Å². The minimum Gasteiger partial charge on any atom is -0.302 e. The summed E-state index contributed by atoms with van der Waals surface area (Å²) in [4.78, 5) is 22.5. The van der Waals surface area contributed by atoms with Crippen LogP contribution in [0.15, 0.2) is 47.4 Å². The smallest absolute Gasteiger partial charge is 0.260 e. The van der Waals surface area contributed by atoms with E-state index in [-0.39, 0.29) is 23.2 Å². The zero-order valence-corrected chi connectivity index (χ0v) is 23.5. The Morgan fingerprint density at radius 2 is 1.54 bits per heavy atom. The summed E-state index contributed by atoms with van der Waals surface area (Å²) in [6.07, 6.45) is 0. The predicted octanol–water partition coefficient (Wildman–Crippen LogP) is 5.05. The van der Waals surface area contributed by atoms with E-state index < -0.39 is 10.0 Å². The molecule has 0 unspecified atom stereocenters. The first-order valence-corrected chi connectivity index (χ1v) is 14.0. The molecule has 1 amide bonds. The van der Waals surface area contributed by atoms with Crippen molar-refractivity contribution in [3.8, 4) is 0 Å². The van der Waals surface area contributed by atoms with Gasteiger partial charge in [0.05, 0.1) is 15.1 Å². The number of fused-ring (bicyclic) bond motifs is 1. The summed E-state index contributed by atoms with van der Waals surface area (Å²) in [7, 11) is -3.57. The first-order chi connectivity index (χ1) is 16.2. The lowest BCUT2D eigenvalue weighted by atomic mass is 10.2. The number of halogens is 1. The molecule has 192 valence electrons. The number of amides is 1. The maximum absolute atomic E-state index is 13.6. The monoisotopic (exact) mass is 538 g/mol. The Balaban J connectivity index is 0.00000432. The van der Waals surface area contributed by atoms with E-state index in [4.69, 9.17) is 4.98 Å². The topological polar surface area (TPSA) is 73.8 Å². The van der Waals surface area contributed by atoms with Gasteiger partial charge in [0.15, 0.2) is 5.13 Å². The first kappa shape index (κ1) is 29.2. The van der Waals surface area contributed by atoms with Gasteiger partial charge in [0.1, 0.15) is 0 Å². The second-order valence-electron chi connectivity index (χ2n) is 8.06. The molecule has 0 radical (unpaired) electrons. The van der Waals surface area contributed by atoms with Crippen molar-refractivity contribution in [2.24, 2.45) is 0 Å². The van der Waals surface area contributed by atoms with Crippen LogP contribution >= 0.6 is 23.7 Å². The Kier molecular flexibility index (Phi) is 10.7. The number of sulfonamides is 1. The van der Waals surface area contributed by atoms with Crippen LogP contribution in [0.5, 0.6) is 0 Å². The zero-order valence-electron chi connectivity index (χ0n) is 21.0. The van der Waals surface area contributed by atoms with Crippen molar-refractivity contribution >= 4 is 55.0 Å². The third-order valence-electron chi connectivity index (χ3n) is 5.99. The number of likely N-dealkylation sites (N-methyl/N-ethyl adjacent to an activating group) is 1. The van der Waals surface area contributed by atoms with Gasteiger partial charge in [-0.2, -0.15) is 4.31 Å². The van der Waals surface area contributed by atoms with Crippen LogP contribution in [-0.2, 0) is 10.0 Å². The SMILES string of the molecule is CCN(CC)CCN(C(=O)c1ccc(S(=O)(=O)N(CC)CC)cc1)c1nc2ccc(C)cc2s1.Cl. The van der Waals surface area contributed by atoms with Crippen LogP contribution in [0.1, 0.15) is 43.6 Å². The fourth-order valence-corrected chi connectivity index (χ4v) is 6.38. The molecule has 0 atom stereocenters. The number of aryl methyl sites for hydroxylation is 1. The molecule has 0 aliphatic carbocycles. The maximum atomic E-state index is 13.6. The van der Waals surface area contributed by atoms with E-state index in [0.717, 1.165) is 35.4 Å². The van der Waals surface area contributed by atoms with E-state index >= 15 is 0 Å². The summed E-state index contributed by atoms with van der Waals surface area (Å²) in [5, 5.41) is 0.651. The quantitative estimate of drug-likeness (QED) is 0.342. The predicted molar refractivity (Wildman–Crippen MR) is 148 cm³/mol. The molecule has 0 aliphatic heterocycles. The molecule has 0 saturated heterocycles. The van der Waals surface area contributed by atoms with Gasteiger partial charge < -0.3 is 4.90 Å². The van der Waals surface area contributed by atoms with Crippen LogP contribution in [0.2, 0.25) is 0 Å². The molecule has 0 bridgehead atoms. The maximum Gasteiger partial charge on any atom is 0.260 e. The molecule has 1 aromatic heterocycles. The van der Waals surface area contributed by atoms with Crippen molar-refractivity contribution in [1.29, 1.82) is 0 Å². The Labute approximate surface area is 219 Å². The lowest BCUT2D eigenvalue weighted by Gasteiger charge is -2.25. The van der Waals surface area contributed by atoms with E-state index in [1.165, 1.54) is 27.8 Å². The number of carbonyl (C=O) groups is 1. The second-order valence-corrected chi connectivity index (χ2v) is 11.0. The highest BCUT2D eigenvalue weighted by atomic mass is 35.5. The van der Waals surface area contributed by atoms with Crippen LogP contribution in [0, 0.1) is 6.92 Å². The van der Waals surface area contributed by atoms with Crippen LogP contribution in [0.4, 0.5) is 5.13 Å². The molecule has 0 aliphatic rings. The van der Waals surface area contributed by atoms with Crippen molar-refractivity contribution in [2.75, 3.05) is 44.2 Å². The highest BCUT2D eigenvalue weighted by molar-refractivity contribution is 7.89. The van der Waals surface area contributed by atoms with Gasteiger partial charge in [0.25, 0.3) is 5.91 Å².